The largest absolute Gasteiger partial charge is 0.462 e. The topological polar surface area (TPSA) is 78.9 Å². The van der Waals surface area contributed by atoms with Gasteiger partial charge in [-0.15, -0.1) is 0 Å². The Morgan fingerprint density at radius 3 is 0.792 bits per heavy atom. The summed E-state index contributed by atoms with van der Waals surface area (Å²) in [6, 6.07) is 0. The number of allylic oxidation sites excluding steroid dienone is 8. The van der Waals surface area contributed by atoms with Gasteiger partial charge in [-0.1, -0.05) is 262 Å². The van der Waals surface area contributed by atoms with Gasteiger partial charge in [-0.25, -0.2) is 0 Å². The quantitative estimate of drug-likeness (QED) is 0.0261. The van der Waals surface area contributed by atoms with Crippen LogP contribution in [-0.4, -0.2) is 37.2 Å². The number of ether oxygens (including phenoxy) is 3. The first-order chi connectivity index (χ1) is 35.5. The van der Waals surface area contributed by atoms with Crippen LogP contribution in [0.25, 0.3) is 0 Å². The Morgan fingerprint density at radius 2 is 0.500 bits per heavy atom. The molecule has 0 aromatic carbocycles. The Kier molecular flexibility index (Phi) is 58.7. The third-order valence-electron chi connectivity index (χ3n) is 14.0. The van der Waals surface area contributed by atoms with Gasteiger partial charge in [0.25, 0.3) is 0 Å². The zero-order valence-electron chi connectivity index (χ0n) is 48.2. The van der Waals surface area contributed by atoms with Crippen LogP contribution >= 0.6 is 0 Å². The summed E-state index contributed by atoms with van der Waals surface area (Å²) in [5.74, 6) is -0.886. The van der Waals surface area contributed by atoms with E-state index in [-0.39, 0.29) is 31.1 Å². The molecule has 0 saturated carbocycles. The highest BCUT2D eigenvalue weighted by Gasteiger charge is 2.19. The van der Waals surface area contributed by atoms with E-state index in [9.17, 15) is 14.4 Å². The first kappa shape index (κ1) is 69.4. The molecule has 0 N–H and O–H groups in total. The SMILES string of the molecule is CCCCCC/C=C\C/C=C\CCCCCCCC(=O)OC(COC(=O)CCCCCCC/C=C\CCCCCCCC)COC(=O)CCCCCCCCCCCCC/C=C\CCCCCCCCCC. The third kappa shape index (κ3) is 58.3. The van der Waals surface area contributed by atoms with E-state index in [1.807, 2.05) is 0 Å². The van der Waals surface area contributed by atoms with Gasteiger partial charge < -0.3 is 14.2 Å². The molecule has 0 spiro atoms. The molecule has 0 aromatic rings. The average molecular weight is 1010 g/mol. The van der Waals surface area contributed by atoms with Crippen molar-refractivity contribution in [1.82, 2.24) is 0 Å². The van der Waals surface area contributed by atoms with Crippen LogP contribution in [0.1, 0.15) is 335 Å². The average Bonchev–Trinajstić information content (AvgIpc) is 3.38. The lowest BCUT2D eigenvalue weighted by molar-refractivity contribution is -0.167. The van der Waals surface area contributed by atoms with E-state index in [0.717, 1.165) is 89.9 Å². The summed E-state index contributed by atoms with van der Waals surface area (Å²) in [4.78, 5) is 38.3. The van der Waals surface area contributed by atoms with E-state index in [1.54, 1.807) is 0 Å². The zero-order valence-corrected chi connectivity index (χ0v) is 48.2. The fourth-order valence-electron chi connectivity index (χ4n) is 9.23. The fraction of sp³-hybridized carbons (Fsp3) is 0.833. The predicted molar refractivity (Wildman–Crippen MR) is 312 cm³/mol. The van der Waals surface area contributed by atoms with E-state index in [1.165, 1.54) is 205 Å². The van der Waals surface area contributed by atoms with Gasteiger partial charge in [-0.2, -0.15) is 0 Å². The monoisotopic (exact) mass is 1010 g/mol. The van der Waals surface area contributed by atoms with Gasteiger partial charge in [-0.05, 0) is 103 Å². The first-order valence-electron chi connectivity index (χ1n) is 31.6. The Morgan fingerprint density at radius 1 is 0.278 bits per heavy atom. The lowest BCUT2D eigenvalue weighted by Crippen LogP contribution is -2.30. The second-order valence-corrected chi connectivity index (χ2v) is 21.3. The number of hydrogen-bond donors (Lipinski definition) is 0. The maximum absolute atomic E-state index is 12.9. The Bertz CT molecular complexity index is 1250. The Labute approximate surface area is 448 Å². The van der Waals surface area contributed by atoms with Gasteiger partial charge in [0, 0.05) is 19.3 Å². The summed E-state index contributed by atoms with van der Waals surface area (Å²) in [5, 5.41) is 0. The molecule has 0 aliphatic rings. The molecule has 0 heterocycles. The van der Waals surface area contributed by atoms with E-state index >= 15 is 0 Å². The number of carbonyl (C=O) groups is 3. The number of unbranched alkanes of at least 4 members (excludes halogenated alkanes) is 39. The molecule has 0 aliphatic carbocycles. The van der Waals surface area contributed by atoms with Crippen LogP contribution in [0, 0.1) is 0 Å². The van der Waals surface area contributed by atoms with E-state index < -0.39 is 6.10 Å². The molecule has 0 radical (unpaired) electrons. The van der Waals surface area contributed by atoms with Gasteiger partial charge in [0.05, 0.1) is 0 Å². The van der Waals surface area contributed by atoms with Crippen LogP contribution in [0.2, 0.25) is 0 Å². The van der Waals surface area contributed by atoms with Crippen LogP contribution in [-0.2, 0) is 28.6 Å². The van der Waals surface area contributed by atoms with Crippen molar-refractivity contribution in [3.63, 3.8) is 0 Å². The molecular formula is C66H120O6. The summed E-state index contributed by atoms with van der Waals surface area (Å²) < 4.78 is 16.9. The van der Waals surface area contributed by atoms with Gasteiger partial charge in [0.2, 0.25) is 0 Å². The van der Waals surface area contributed by atoms with Crippen molar-refractivity contribution in [2.75, 3.05) is 13.2 Å². The molecule has 420 valence electrons. The first-order valence-corrected chi connectivity index (χ1v) is 31.6. The van der Waals surface area contributed by atoms with Crippen molar-refractivity contribution >= 4 is 17.9 Å². The van der Waals surface area contributed by atoms with Crippen molar-refractivity contribution < 1.29 is 28.6 Å². The fourth-order valence-corrected chi connectivity index (χ4v) is 9.23. The molecule has 6 nitrogen and oxygen atoms in total. The van der Waals surface area contributed by atoms with Crippen LogP contribution in [0.4, 0.5) is 0 Å². The van der Waals surface area contributed by atoms with Gasteiger partial charge in [-0.3, -0.25) is 14.4 Å². The molecule has 0 bridgehead atoms. The summed E-state index contributed by atoms with van der Waals surface area (Å²) in [6.07, 6.45) is 75.4. The minimum atomic E-state index is -0.784. The molecule has 0 fully saturated rings. The van der Waals surface area contributed by atoms with Gasteiger partial charge in [0.15, 0.2) is 6.10 Å². The number of rotatable bonds is 58. The summed E-state index contributed by atoms with van der Waals surface area (Å²) in [7, 11) is 0. The number of hydrogen-bond acceptors (Lipinski definition) is 6. The molecule has 1 unspecified atom stereocenters. The van der Waals surface area contributed by atoms with Crippen molar-refractivity contribution in [2.24, 2.45) is 0 Å². The summed E-state index contributed by atoms with van der Waals surface area (Å²) >= 11 is 0. The van der Waals surface area contributed by atoms with Crippen molar-refractivity contribution in [3.8, 4) is 0 Å². The lowest BCUT2D eigenvalue weighted by atomic mass is 10.0. The molecule has 72 heavy (non-hydrogen) atoms. The molecule has 0 aliphatic heterocycles. The van der Waals surface area contributed by atoms with Gasteiger partial charge >= 0.3 is 17.9 Å². The molecule has 0 saturated heterocycles. The highest BCUT2D eigenvalue weighted by molar-refractivity contribution is 5.71. The van der Waals surface area contributed by atoms with Crippen molar-refractivity contribution in [2.45, 2.75) is 341 Å². The lowest BCUT2D eigenvalue weighted by Gasteiger charge is -2.18. The van der Waals surface area contributed by atoms with Crippen molar-refractivity contribution in [1.29, 1.82) is 0 Å². The molecular weight excluding hydrogens is 889 g/mol. The van der Waals surface area contributed by atoms with Crippen LogP contribution in [0.15, 0.2) is 48.6 Å². The minimum Gasteiger partial charge on any atom is -0.462 e. The number of carbonyl (C=O) groups excluding carboxylic acids is 3. The molecule has 0 amide bonds. The van der Waals surface area contributed by atoms with E-state index in [0.29, 0.717) is 19.3 Å². The maximum atomic E-state index is 12.9. The molecule has 0 rings (SSSR count). The summed E-state index contributed by atoms with van der Waals surface area (Å²) in [6.45, 7) is 6.64. The highest BCUT2D eigenvalue weighted by Crippen LogP contribution is 2.16. The normalized spacial score (nSPS) is 12.3. The Balaban J connectivity index is 4.32. The smallest absolute Gasteiger partial charge is 0.306 e. The van der Waals surface area contributed by atoms with E-state index in [4.69, 9.17) is 14.2 Å². The molecule has 1 atom stereocenters. The Hall–Kier alpha value is -2.63. The standard InChI is InChI=1S/C66H120O6/c1-4-7-10-13-16-19-22-25-28-30-31-32-33-34-35-36-39-41-44-47-50-53-56-59-65(68)71-62-63(61-70-64(67)58-55-52-49-46-43-40-37-27-24-21-18-15-12-9-6-3)72-66(69)60-57-54-51-48-45-42-38-29-26-23-20-17-14-11-8-5-2/h20,23,27,29-31,37-38,63H,4-19,21-22,24-26,28,32-36,39-62H2,1-3H3/b23-20-,31-30-,37-27-,38-29-. The van der Waals surface area contributed by atoms with Crippen LogP contribution in [0.3, 0.4) is 0 Å². The van der Waals surface area contributed by atoms with E-state index in [2.05, 4.69) is 69.4 Å². The number of esters is 3. The zero-order chi connectivity index (χ0) is 52.2. The van der Waals surface area contributed by atoms with Crippen LogP contribution in [0.5, 0.6) is 0 Å². The summed E-state index contributed by atoms with van der Waals surface area (Å²) in [5.41, 5.74) is 0. The minimum absolute atomic E-state index is 0.0798. The molecule has 0 aromatic heterocycles. The van der Waals surface area contributed by atoms with Crippen molar-refractivity contribution in [3.05, 3.63) is 48.6 Å². The molecule has 6 heteroatoms. The third-order valence-corrected chi connectivity index (χ3v) is 14.0. The van der Waals surface area contributed by atoms with Gasteiger partial charge in [0.1, 0.15) is 13.2 Å². The predicted octanol–water partition coefficient (Wildman–Crippen LogP) is 21.4. The van der Waals surface area contributed by atoms with Crippen LogP contribution < -0.4 is 0 Å². The second-order valence-electron chi connectivity index (χ2n) is 21.3. The highest BCUT2D eigenvalue weighted by atomic mass is 16.6. The second kappa shape index (κ2) is 60.9. The maximum Gasteiger partial charge on any atom is 0.306 e.